The zero-order chi connectivity index (χ0) is 24.8. The number of carboxylic acids is 1. The van der Waals surface area contributed by atoms with E-state index in [2.05, 4.69) is 10.3 Å². The zero-order valence-corrected chi connectivity index (χ0v) is 19.8. The molecule has 180 valence electrons. The van der Waals surface area contributed by atoms with Crippen LogP contribution in [0.4, 0.5) is 5.69 Å². The van der Waals surface area contributed by atoms with Gasteiger partial charge < -0.3 is 29.1 Å². The van der Waals surface area contributed by atoms with Crippen molar-refractivity contribution in [2.75, 3.05) is 13.7 Å². The third kappa shape index (κ3) is 6.04. The number of aromatic carboxylic acids is 1. The molecule has 1 saturated heterocycles. The summed E-state index contributed by atoms with van der Waals surface area (Å²) in [5.74, 6) is 0.512. The Bertz CT molecular complexity index is 1300. The molecule has 0 unspecified atom stereocenters. The lowest BCUT2D eigenvalue weighted by Gasteiger charge is -2.12. The van der Waals surface area contributed by atoms with Crippen molar-refractivity contribution in [2.24, 2.45) is 4.99 Å². The molecular formula is C25H22N2O7S. The van der Waals surface area contributed by atoms with Crippen LogP contribution in [0.3, 0.4) is 0 Å². The summed E-state index contributed by atoms with van der Waals surface area (Å²) in [7, 11) is 1.59. The maximum Gasteiger partial charge on any atom is 0.371 e. The SMILES string of the molecule is CCOc1cc(C=C2SC(=Nc3ccc(OC)cc3)NC2=O)ccc1OCc1ccc(C(=O)O)o1. The van der Waals surface area contributed by atoms with Gasteiger partial charge in [-0.1, -0.05) is 6.07 Å². The Morgan fingerprint density at radius 1 is 1.11 bits per heavy atom. The minimum absolute atomic E-state index is 0.0389. The average Bonchev–Trinajstić information content (AvgIpc) is 3.46. The van der Waals surface area contributed by atoms with Gasteiger partial charge in [0.25, 0.3) is 5.91 Å². The van der Waals surface area contributed by atoms with Crippen molar-refractivity contribution in [3.8, 4) is 17.2 Å². The van der Waals surface area contributed by atoms with Gasteiger partial charge >= 0.3 is 5.97 Å². The molecule has 1 fully saturated rings. The Balaban J connectivity index is 1.48. The minimum atomic E-state index is -1.14. The van der Waals surface area contributed by atoms with Crippen molar-refractivity contribution in [3.63, 3.8) is 0 Å². The number of nitrogens with zero attached hydrogens (tertiary/aromatic N) is 1. The van der Waals surface area contributed by atoms with E-state index in [1.807, 2.05) is 6.92 Å². The van der Waals surface area contributed by atoms with Gasteiger partial charge in [-0.3, -0.25) is 4.79 Å². The van der Waals surface area contributed by atoms with Crippen LogP contribution in [0.5, 0.6) is 17.2 Å². The lowest BCUT2D eigenvalue weighted by Crippen LogP contribution is -2.19. The molecule has 0 spiro atoms. The third-order valence-electron chi connectivity index (χ3n) is 4.76. The number of aliphatic imine (C=N–C) groups is 1. The maximum absolute atomic E-state index is 12.5. The van der Waals surface area contributed by atoms with Crippen molar-refractivity contribution in [1.82, 2.24) is 5.32 Å². The van der Waals surface area contributed by atoms with Crippen LogP contribution in [0.25, 0.3) is 6.08 Å². The summed E-state index contributed by atoms with van der Waals surface area (Å²) in [6, 6.07) is 15.4. The van der Waals surface area contributed by atoms with Gasteiger partial charge in [-0.25, -0.2) is 9.79 Å². The first-order valence-corrected chi connectivity index (χ1v) is 11.4. The van der Waals surface area contributed by atoms with Gasteiger partial charge in [-0.05, 0) is 78.9 Å². The molecule has 0 aliphatic carbocycles. The van der Waals surface area contributed by atoms with Crippen molar-refractivity contribution in [2.45, 2.75) is 13.5 Å². The fourth-order valence-electron chi connectivity index (χ4n) is 3.13. The van der Waals surface area contributed by atoms with Crippen LogP contribution < -0.4 is 19.5 Å². The van der Waals surface area contributed by atoms with Crippen molar-refractivity contribution < 1.29 is 33.3 Å². The van der Waals surface area contributed by atoms with E-state index >= 15 is 0 Å². The lowest BCUT2D eigenvalue weighted by atomic mass is 10.2. The number of furan rings is 1. The minimum Gasteiger partial charge on any atom is -0.497 e. The fourth-order valence-corrected chi connectivity index (χ4v) is 3.97. The van der Waals surface area contributed by atoms with Crippen LogP contribution in [0.1, 0.15) is 28.8 Å². The Morgan fingerprint density at radius 2 is 1.91 bits per heavy atom. The van der Waals surface area contributed by atoms with Crippen LogP contribution in [-0.2, 0) is 11.4 Å². The number of carboxylic acid groups (broad SMARTS) is 1. The number of hydrogen-bond acceptors (Lipinski definition) is 8. The van der Waals surface area contributed by atoms with E-state index in [4.69, 9.17) is 23.7 Å². The number of ether oxygens (including phenoxy) is 3. The summed E-state index contributed by atoms with van der Waals surface area (Å²) in [6.07, 6.45) is 1.74. The van der Waals surface area contributed by atoms with E-state index in [9.17, 15) is 9.59 Å². The molecule has 0 atom stereocenters. The number of carbonyl (C=O) groups is 2. The molecule has 1 aliphatic rings. The average molecular weight is 495 g/mol. The second kappa shape index (κ2) is 10.8. The number of amidine groups is 1. The lowest BCUT2D eigenvalue weighted by molar-refractivity contribution is -0.115. The number of benzene rings is 2. The van der Waals surface area contributed by atoms with Crippen molar-refractivity contribution >= 4 is 40.6 Å². The molecule has 1 aromatic heterocycles. The van der Waals surface area contributed by atoms with Crippen LogP contribution in [0.15, 0.2) is 68.9 Å². The summed E-state index contributed by atoms with van der Waals surface area (Å²) < 4.78 is 21.8. The monoisotopic (exact) mass is 494 g/mol. The number of carbonyl (C=O) groups excluding carboxylic acids is 1. The van der Waals surface area contributed by atoms with Crippen LogP contribution in [0, 0.1) is 0 Å². The number of thioether (sulfide) groups is 1. The molecule has 1 amide bonds. The number of hydrogen-bond donors (Lipinski definition) is 2. The number of rotatable bonds is 9. The first kappa shape index (κ1) is 24.0. The highest BCUT2D eigenvalue weighted by Crippen LogP contribution is 2.33. The Labute approximate surface area is 205 Å². The molecule has 0 bridgehead atoms. The first-order chi connectivity index (χ1) is 16.9. The highest BCUT2D eigenvalue weighted by molar-refractivity contribution is 8.18. The van der Waals surface area contributed by atoms with E-state index in [-0.39, 0.29) is 18.3 Å². The molecule has 35 heavy (non-hydrogen) atoms. The van der Waals surface area contributed by atoms with Gasteiger partial charge in [-0.2, -0.15) is 0 Å². The Kier molecular flexibility index (Phi) is 7.41. The number of amides is 1. The van der Waals surface area contributed by atoms with Gasteiger partial charge in [0, 0.05) is 0 Å². The molecule has 1 aliphatic heterocycles. The number of methoxy groups -OCH3 is 1. The van der Waals surface area contributed by atoms with E-state index in [0.29, 0.717) is 39.6 Å². The standard InChI is InChI=1S/C25H22N2O7S/c1-3-32-21-12-15(4-10-19(21)33-14-18-9-11-20(34-18)24(29)30)13-22-23(28)27-25(35-22)26-16-5-7-17(31-2)8-6-16/h4-13H,3,14H2,1-2H3,(H,29,30)(H,26,27,28). The second-order valence-corrected chi connectivity index (χ2v) is 8.21. The van der Waals surface area contributed by atoms with Gasteiger partial charge in [0.2, 0.25) is 5.76 Å². The van der Waals surface area contributed by atoms with Crippen LogP contribution in [0.2, 0.25) is 0 Å². The molecule has 0 radical (unpaired) electrons. The van der Waals surface area contributed by atoms with Gasteiger partial charge in [-0.15, -0.1) is 0 Å². The van der Waals surface area contributed by atoms with Crippen molar-refractivity contribution in [3.05, 3.63) is 76.6 Å². The largest absolute Gasteiger partial charge is 0.497 e. The molecule has 2 aromatic carbocycles. The predicted octanol–water partition coefficient (Wildman–Crippen LogP) is 4.86. The molecule has 10 heteroatoms. The summed E-state index contributed by atoms with van der Waals surface area (Å²) in [4.78, 5) is 28.4. The zero-order valence-electron chi connectivity index (χ0n) is 18.9. The Morgan fingerprint density at radius 3 is 2.60 bits per heavy atom. The quantitative estimate of drug-likeness (QED) is 0.405. The van der Waals surface area contributed by atoms with Gasteiger partial charge in [0.15, 0.2) is 16.7 Å². The predicted molar refractivity (Wildman–Crippen MR) is 131 cm³/mol. The Hall–Kier alpha value is -4.18. The van der Waals surface area contributed by atoms with E-state index < -0.39 is 5.97 Å². The van der Waals surface area contributed by atoms with E-state index in [1.165, 1.54) is 17.8 Å². The highest BCUT2D eigenvalue weighted by Gasteiger charge is 2.24. The third-order valence-corrected chi connectivity index (χ3v) is 5.67. The summed E-state index contributed by atoms with van der Waals surface area (Å²) in [5.41, 5.74) is 1.44. The van der Waals surface area contributed by atoms with E-state index in [1.54, 1.807) is 61.7 Å². The fraction of sp³-hybridized carbons (Fsp3) is 0.160. The molecular weight excluding hydrogens is 472 g/mol. The highest BCUT2D eigenvalue weighted by atomic mass is 32.2. The van der Waals surface area contributed by atoms with Crippen LogP contribution >= 0.6 is 11.8 Å². The number of nitrogens with one attached hydrogen (secondary N) is 1. The molecule has 2 heterocycles. The van der Waals surface area contributed by atoms with E-state index in [0.717, 1.165) is 11.3 Å². The van der Waals surface area contributed by atoms with Gasteiger partial charge in [0.05, 0.1) is 24.3 Å². The summed E-state index contributed by atoms with van der Waals surface area (Å²) in [5, 5.41) is 12.2. The van der Waals surface area contributed by atoms with Crippen molar-refractivity contribution in [1.29, 1.82) is 0 Å². The normalized spacial score (nSPS) is 15.3. The van der Waals surface area contributed by atoms with Crippen LogP contribution in [-0.4, -0.2) is 35.9 Å². The summed E-state index contributed by atoms with van der Waals surface area (Å²) >= 11 is 1.24. The molecule has 0 saturated carbocycles. The smallest absolute Gasteiger partial charge is 0.371 e. The van der Waals surface area contributed by atoms with Gasteiger partial charge in [0.1, 0.15) is 18.1 Å². The molecule has 4 rings (SSSR count). The second-order valence-electron chi connectivity index (χ2n) is 7.18. The molecule has 2 N–H and O–H groups in total. The maximum atomic E-state index is 12.5. The molecule has 9 nitrogen and oxygen atoms in total. The topological polar surface area (TPSA) is 120 Å². The molecule has 3 aromatic rings. The first-order valence-electron chi connectivity index (χ1n) is 10.6. The summed E-state index contributed by atoms with van der Waals surface area (Å²) in [6.45, 7) is 2.30.